The second-order valence-electron chi connectivity index (χ2n) is 3.22. The van der Waals surface area contributed by atoms with Crippen molar-refractivity contribution in [3.63, 3.8) is 0 Å². The van der Waals surface area contributed by atoms with E-state index in [0.717, 1.165) is 0 Å². The van der Waals surface area contributed by atoms with E-state index >= 15 is 0 Å². The average molecular weight is 239 g/mol. The summed E-state index contributed by atoms with van der Waals surface area (Å²) in [5.41, 5.74) is 3.46. The molecule has 0 aromatic heterocycles. The van der Waals surface area contributed by atoms with Gasteiger partial charge in [0, 0.05) is 5.70 Å². The zero-order valence-corrected chi connectivity index (χ0v) is 9.36. The highest BCUT2D eigenvalue weighted by molar-refractivity contribution is 5.90. The van der Waals surface area contributed by atoms with Gasteiger partial charge in [0.15, 0.2) is 5.57 Å². The first kappa shape index (κ1) is 14.8. The SMILES string of the molecule is CCCCC(N)=C(C(=O)OCC)C(F)(F)F. The Labute approximate surface area is 92.4 Å². The third kappa shape index (κ3) is 4.55. The van der Waals surface area contributed by atoms with Crippen LogP contribution in [0.2, 0.25) is 0 Å². The van der Waals surface area contributed by atoms with E-state index in [1.54, 1.807) is 0 Å². The fourth-order valence-corrected chi connectivity index (χ4v) is 1.12. The van der Waals surface area contributed by atoms with E-state index in [4.69, 9.17) is 5.73 Å². The summed E-state index contributed by atoms with van der Waals surface area (Å²) in [6.07, 6.45) is -3.51. The molecule has 0 unspecified atom stereocenters. The maximum Gasteiger partial charge on any atom is 0.425 e. The Kier molecular flexibility index (Phi) is 5.92. The Balaban J connectivity index is 4.99. The smallest absolute Gasteiger partial charge is 0.425 e. The van der Waals surface area contributed by atoms with Crippen LogP contribution in [0, 0.1) is 0 Å². The molecule has 3 nitrogen and oxygen atoms in total. The lowest BCUT2D eigenvalue weighted by Gasteiger charge is -2.13. The second kappa shape index (κ2) is 6.40. The molecule has 0 aliphatic rings. The summed E-state index contributed by atoms with van der Waals surface area (Å²) in [6.45, 7) is 3.15. The van der Waals surface area contributed by atoms with E-state index in [9.17, 15) is 18.0 Å². The number of hydrogen-bond donors (Lipinski definition) is 1. The largest absolute Gasteiger partial charge is 0.462 e. The van der Waals surface area contributed by atoms with Gasteiger partial charge >= 0.3 is 12.1 Å². The predicted octanol–water partition coefficient (Wildman–Crippen LogP) is 2.51. The van der Waals surface area contributed by atoms with Crippen molar-refractivity contribution in [2.45, 2.75) is 39.3 Å². The van der Waals surface area contributed by atoms with Crippen LogP contribution in [0.5, 0.6) is 0 Å². The Bertz CT molecular complexity index is 272. The molecule has 2 N–H and O–H groups in total. The first-order valence-corrected chi connectivity index (χ1v) is 5.07. The third-order valence-corrected chi connectivity index (χ3v) is 1.88. The first-order chi connectivity index (χ1) is 7.34. The number of halogens is 3. The molecule has 0 rings (SSSR count). The van der Waals surface area contributed by atoms with Gasteiger partial charge in [-0.05, 0) is 19.8 Å². The highest BCUT2D eigenvalue weighted by atomic mass is 19.4. The van der Waals surface area contributed by atoms with Crippen molar-refractivity contribution in [3.8, 4) is 0 Å². The molecule has 0 radical (unpaired) electrons. The molecule has 94 valence electrons. The standard InChI is InChI=1S/C10H16F3NO2/c1-3-5-6-7(14)8(10(11,12)13)9(15)16-4-2/h3-6,14H2,1-2H3. The van der Waals surface area contributed by atoms with Gasteiger partial charge in [-0.1, -0.05) is 13.3 Å². The molecule has 6 heteroatoms. The van der Waals surface area contributed by atoms with Gasteiger partial charge in [-0.2, -0.15) is 13.2 Å². The summed E-state index contributed by atoms with van der Waals surface area (Å²) < 4.78 is 41.9. The Hall–Kier alpha value is -1.20. The zero-order valence-electron chi connectivity index (χ0n) is 9.36. The van der Waals surface area contributed by atoms with E-state index in [2.05, 4.69) is 4.74 Å². The zero-order chi connectivity index (χ0) is 12.8. The van der Waals surface area contributed by atoms with Crippen LogP contribution in [-0.4, -0.2) is 18.8 Å². The molecule has 0 bridgehead atoms. The number of nitrogens with two attached hydrogens (primary N) is 1. The molecule has 0 atom stereocenters. The molecule has 0 saturated carbocycles. The molecule has 0 spiro atoms. The number of ether oxygens (including phenoxy) is 1. The number of carbonyl (C=O) groups is 1. The van der Waals surface area contributed by atoms with Crippen LogP contribution in [0.1, 0.15) is 33.1 Å². The molecule has 0 aromatic rings. The van der Waals surface area contributed by atoms with E-state index in [-0.39, 0.29) is 13.0 Å². The van der Waals surface area contributed by atoms with E-state index in [1.807, 2.05) is 6.92 Å². The second-order valence-corrected chi connectivity index (χ2v) is 3.22. The highest BCUT2D eigenvalue weighted by Crippen LogP contribution is 2.29. The van der Waals surface area contributed by atoms with Crippen LogP contribution < -0.4 is 5.73 Å². The van der Waals surface area contributed by atoms with Gasteiger partial charge in [-0.3, -0.25) is 0 Å². The van der Waals surface area contributed by atoms with Crippen molar-refractivity contribution < 1.29 is 22.7 Å². The first-order valence-electron chi connectivity index (χ1n) is 5.07. The quantitative estimate of drug-likeness (QED) is 0.592. The summed E-state index contributed by atoms with van der Waals surface area (Å²) in [5, 5.41) is 0. The van der Waals surface area contributed by atoms with Gasteiger partial charge in [0.1, 0.15) is 0 Å². The van der Waals surface area contributed by atoms with Crippen LogP contribution in [0.3, 0.4) is 0 Å². The number of allylic oxidation sites excluding steroid dienone is 1. The summed E-state index contributed by atoms with van der Waals surface area (Å²) in [6, 6.07) is 0. The fraction of sp³-hybridized carbons (Fsp3) is 0.700. The normalized spacial score (nSPS) is 13.3. The number of alkyl halides is 3. The van der Waals surface area contributed by atoms with Crippen LogP contribution >= 0.6 is 0 Å². The molecule has 0 fully saturated rings. The van der Waals surface area contributed by atoms with Crippen LogP contribution in [0.15, 0.2) is 11.3 Å². The highest BCUT2D eigenvalue weighted by Gasteiger charge is 2.41. The van der Waals surface area contributed by atoms with Crippen molar-refractivity contribution in [2.24, 2.45) is 5.73 Å². The molecule has 0 aliphatic carbocycles. The molecule has 0 aromatic carbocycles. The van der Waals surface area contributed by atoms with Gasteiger partial charge in [-0.15, -0.1) is 0 Å². The minimum Gasteiger partial charge on any atom is -0.462 e. The monoisotopic (exact) mass is 239 g/mol. The van der Waals surface area contributed by atoms with Crippen molar-refractivity contribution in [2.75, 3.05) is 6.61 Å². The maximum absolute atomic E-state index is 12.5. The van der Waals surface area contributed by atoms with Gasteiger partial charge in [-0.25, -0.2) is 4.79 Å². The lowest BCUT2D eigenvalue weighted by atomic mass is 10.1. The Morgan fingerprint density at radius 2 is 1.88 bits per heavy atom. The lowest BCUT2D eigenvalue weighted by molar-refractivity contribution is -0.150. The maximum atomic E-state index is 12.5. The number of unbranched alkanes of at least 4 members (excludes halogenated alkanes) is 1. The molecular formula is C10H16F3NO2. The summed E-state index contributed by atoms with van der Waals surface area (Å²) in [5.74, 6) is -1.40. The van der Waals surface area contributed by atoms with E-state index < -0.39 is 23.4 Å². The van der Waals surface area contributed by atoms with Gasteiger partial charge < -0.3 is 10.5 Å². The minimum atomic E-state index is -4.76. The van der Waals surface area contributed by atoms with Crippen molar-refractivity contribution >= 4 is 5.97 Å². The fourth-order valence-electron chi connectivity index (χ4n) is 1.12. The Morgan fingerprint density at radius 1 is 1.31 bits per heavy atom. The lowest BCUT2D eigenvalue weighted by Crippen LogP contribution is -2.26. The number of esters is 1. The molecule has 0 saturated heterocycles. The minimum absolute atomic E-state index is 0.0458. The number of rotatable bonds is 5. The number of hydrogen-bond acceptors (Lipinski definition) is 3. The summed E-state index contributed by atoms with van der Waals surface area (Å²) in [7, 11) is 0. The van der Waals surface area contributed by atoms with Gasteiger partial charge in [0.2, 0.25) is 0 Å². The molecular weight excluding hydrogens is 223 g/mol. The summed E-state index contributed by atoms with van der Waals surface area (Å²) >= 11 is 0. The summed E-state index contributed by atoms with van der Waals surface area (Å²) in [4.78, 5) is 11.1. The predicted molar refractivity (Wildman–Crippen MR) is 53.4 cm³/mol. The number of carbonyl (C=O) groups excluding carboxylic acids is 1. The third-order valence-electron chi connectivity index (χ3n) is 1.88. The van der Waals surface area contributed by atoms with Gasteiger partial charge in [0.25, 0.3) is 0 Å². The Morgan fingerprint density at radius 3 is 2.25 bits per heavy atom. The molecule has 0 aliphatic heterocycles. The topological polar surface area (TPSA) is 52.3 Å². The van der Waals surface area contributed by atoms with E-state index in [0.29, 0.717) is 12.8 Å². The van der Waals surface area contributed by atoms with Crippen molar-refractivity contribution in [3.05, 3.63) is 11.3 Å². The van der Waals surface area contributed by atoms with Crippen LogP contribution in [0.25, 0.3) is 0 Å². The van der Waals surface area contributed by atoms with Crippen LogP contribution in [-0.2, 0) is 9.53 Å². The van der Waals surface area contributed by atoms with Crippen molar-refractivity contribution in [1.82, 2.24) is 0 Å². The van der Waals surface area contributed by atoms with Crippen LogP contribution in [0.4, 0.5) is 13.2 Å². The molecule has 0 heterocycles. The molecule has 16 heavy (non-hydrogen) atoms. The van der Waals surface area contributed by atoms with Gasteiger partial charge in [0.05, 0.1) is 6.61 Å². The van der Waals surface area contributed by atoms with Crippen molar-refractivity contribution in [1.29, 1.82) is 0 Å². The van der Waals surface area contributed by atoms with E-state index in [1.165, 1.54) is 6.92 Å². The molecule has 0 amide bonds. The average Bonchev–Trinajstić information content (AvgIpc) is 2.13.